The van der Waals surface area contributed by atoms with E-state index in [1.54, 1.807) is 12.3 Å². The average molecular weight is 666 g/mol. The highest BCUT2D eigenvalue weighted by Gasteiger charge is 2.30. The van der Waals surface area contributed by atoms with Gasteiger partial charge in [-0.3, -0.25) is 24.6 Å². The Morgan fingerprint density at radius 2 is 1.72 bits per heavy atom. The van der Waals surface area contributed by atoms with Crippen LogP contribution in [0.15, 0.2) is 30.7 Å². The number of anilines is 2. The summed E-state index contributed by atoms with van der Waals surface area (Å²) in [5.41, 5.74) is 1.04. The van der Waals surface area contributed by atoms with Gasteiger partial charge in [0.1, 0.15) is 11.7 Å². The molecule has 5 heterocycles. The van der Waals surface area contributed by atoms with Crippen molar-refractivity contribution >= 4 is 39.4 Å². The quantitative estimate of drug-likeness (QED) is 0.267. The molecular formula is C28H37F2N9O6S. The first-order chi connectivity index (χ1) is 22.1. The summed E-state index contributed by atoms with van der Waals surface area (Å²) in [5, 5.41) is 7.95. The van der Waals surface area contributed by atoms with Gasteiger partial charge in [-0.25, -0.2) is 27.7 Å². The maximum Gasteiger partial charge on any atom is 0.387 e. The van der Waals surface area contributed by atoms with Gasteiger partial charge in [0.2, 0.25) is 27.8 Å². The van der Waals surface area contributed by atoms with Gasteiger partial charge in [-0.15, -0.1) is 0 Å². The molecule has 0 spiro atoms. The summed E-state index contributed by atoms with van der Waals surface area (Å²) in [5.74, 6) is -1.16. The summed E-state index contributed by atoms with van der Waals surface area (Å²) in [7, 11) is -3.41. The zero-order valence-corrected chi connectivity index (χ0v) is 25.9. The van der Waals surface area contributed by atoms with Crippen molar-refractivity contribution in [1.82, 2.24) is 34.8 Å². The number of piperidine rings is 2. The number of rotatable bonds is 12. The zero-order chi connectivity index (χ0) is 32.7. The number of aromatic nitrogens is 3. The molecule has 15 nitrogen and oxygen atoms in total. The highest BCUT2D eigenvalue weighted by molar-refractivity contribution is 7.89. The molecule has 0 bridgehead atoms. The van der Waals surface area contributed by atoms with E-state index in [2.05, 4.69) is 45.4 Å². The Morgan fingerprint density at radius 3 is 2.35 bits per heavy atom. The minimum atomic E-state index is -3.41. The van der Waals surface area contributed by atoms with E-state index in [0.29, 0.717) is 38.9 Å². The van der Waals surface area contributed by atoms with Gasteiger partial charge in [0.15, 0.2) is 5.75 Å². The van der Waals surface area contributed by atoms with E-state index in [0.717, 1.165) is 44.3 Å². The van der Waals surface area contributed by atoms with Crippen LogP contribution in [0.4, 0.5) is 20.4 Å². The normalized spacial score (nSPS) is 20.4. The second-order valence-corrected chi connectivity index (χ2v) is 13.4. The molecule has 3 aliphatic heterocycles. The number of imide groups is 1. The van der Waals surface area contributed by atoms with Gasteiger partial charge < -0.3 is 20.3 Å². The Bertz CT molecular complexity index is 1470. The van der Waals surface area contributed by atoms with Crippen LogP contribution in [0, 0.1) is 0 Å². The largest absolute Gasteiger partial charge is 0.432 e. The van der Waals surface area contributed by atoms with Crippen molar-refractivity contribution in [2.45, 2.75) is 50.8 Å². The fraction of sp³-hybridized carbons (Fsp3) is 0.571. The van der Waals surface area contributed by atoms with Gasteiger partial charge in [0.25, 0.3) is 5.91 Å². The lowest BCUT2D eigenvalue weighted by Crippen LogP contribution is -2.52. The number of pyridine rings is 1. The van der Waals surface area contributed by atoms with Gasteiger partial charge in [-0.1, -0.05) is 0 Å². The first-order valence-electron chi connectivity index (χ1n) is 15.1. The molecule has 5 rings (SSSR count). The third-order valence-corrected chi connectivity index (χ3v) is 10.1. The number of hydrogen-bond acceptors (Lipinski definition) is 12. The highest BCUT2D eigenvalue weighted by atomic mass is 32.2. The van der Waals surface area contributed by atoms with Crippen LogP contribution in [0.5, 0.6) is 5.75 Å². The van der Waals surface area contributed by atoms with Gasteiger partial charge >= 0.3 is 6.61 Å². The summed E-state index contributed by atoms with van der Waals surface area (Å²) in [6.07, 6.45) is 6.01. The molecule has 3 saturated heterocycles. The van der Waals surface area contributed by atoms with Gasteiger partial charge in [-0.05, 0) is 44.4 Å². The van der Waals surface area contributed by atoms with Crippen LogP contribution in [-0.2, 0) is 19.6 Å². The highest BCUT2D eigenvalue weighted by Crippen LogP contribution is 2.20. The smallest absolute Gasteiger partial charge is 0.387 e. The van der Waals surface area contributed by atoms with Crippen LogP contribution in [0.2, 0.25) is 0 Å². The van der Waals surface area contributed by atoms with Crippen molar-refractivity contribution in [2.75, 3.05) is 61.8 Å². The number of sulfonamides is 1. The number of carbonyl (C=O) groups excluding carboxylic acids is 3. The third kappa shape index (κ3) is 9.03. The van der Waals surface area contributed by atoms with Gasteiger partial charge in [-0.2, -0.15) is 8.78 Å². The predicted molar refractivity (Wildman–Crippen MR) is 162 cm³/mol. The molecule has 1 atom stereocenters. The van der Waals surface area contributed by atoms with E-state index in [1.165, 1.54) is 4.31 Å². The lowest BCUT2D eigenvalue weighted by Gasteiger charge is -2.36. The standard InChI is InChI=1S/C28H37F2N9O6S/c29-27(30)45-21-17-32-28(33-18-21)34-19-6-9-39(10-7-19)46(43,44)15-1-8-37-11-13-38(14-12-37)20-2-3-22(31-16-20)25(41)35-23-4-5-24(40)36-26(23)42/h2-3,16-19,23,27H,1,4-15H2,(H,35,41)(H,32,33,34)(H,36,40,42). The lowest BCUT2D eigenvalue weighted by molar-refractivity contribution is -0.134. The summed E-state index contributed by atoms with van der Waals surface area (Å²) < 4.78 is 56.3. The lowest BCUT2D eigenvalue weighted by atomic mass is 10.1. The van der Waals surface area contributed by atoms with E-state index < -0.39 is 34.5 Å². The molecule has 250 valence electrons. The zero-order valence-electron chi connectivity index (χ0n) is 25.1. The van der Waals surface area contributed by atoms with Crippen LogP contribution in [0.1, 0.15) is 42.6 Å². The number of carbonyl (C=O) groups is 3. The summed E-state index contributed by atoms with van der Waals surface area (Å²) >= 11 is 0. The Balaban J connectivity index is 0.986. The molecule has 18 heteroatoms. The van der Waals surface area contributed by atoms with Crippen LogP contribution in [0.3, 0.4) is 0 Å². The molecule has 1 unspecified atom stereocenters. The first kappa shape index (κ1) is 33.3. The SMILES string of the molecule is O=C1CCC(NC(=O)c2ccc(N3CCN(CCCS(=O)(=O)N4CCC(Nc5ncc(OC(F)F)cn5)CC4)CC3)cn2)C(=O)N1. The maximum absolute atomic E-state index is 13.0. The Morgan fingerprint density at radius 1 is 1.00 bits per heavy atom. The molecule has 3 aliphatic rings. The summed E-state index contributed by atoms with van der Waals surface area (Å²) in [6.45, 7) is 1.41. The number of amides is 3. The second kappa shape index (κ2) is 15.0. The maximum atomic E-state index is 13.0. The van der Waals surface area contributed by atoms with E-state index >= 15 is 0 Å². The van der Waals surface area contributed by atoms with E-state index in [1.807, 2.05) is 6.07 Å². The van der Waals surface area contributed by atoms with Crippen LogP contribution < -0.4 is 25.6 Å². The monoisotopic (exact) mass is 665 g/mol. The fourth-order valence-corrected chi connectivity index (χ4v) is 7.13. The summed E-state index contributed by atoms with van der Waals surface area (Å²) in [6, 6.07) is 2.61. The van der Waals surface area contributed by atoms with Crippen LogP contribution in [0.25, 0.3) is 0 Å². The van der Waals surface area contributed by atoms with Crippen molar-refractivity contribution < 1.29 is 36.3 Å². The van der Waals surface area contributed by atoms with E-state index in [9.17, 15) is 31.6 Å². The minimum absolute atomic E-state index is 0.0361. The van der Waals surface area contributed by atoms with Crippen molar-refractivity contribution in [1.29, 1.82) is 0 Å². The van der Waals surface area contributed by atoms with Crippen molar-refractivity contribution in [3.63, 3.8) is 0 Å². The Labute approximate surface area is 265 Å². The van der Waals surface area contributed by atoms with Crippen molar-refractivity contribution in [3.05, 3.63) is 36.4 Å². The van der Waals surface area contributed by atoms with Gasteiger partial charge in [0.05, 0.1) is 30.0 Å². The molecule has 0 aromatic carbocycles. The summed E-state index contributed by atoms with van der Waals surface area (Å²) in [4.78, 5) is 52.3. The molecule has 0 aliphatic carbocycles. The topological polar surface area (TPSA) is 179 Å². The number of nitrogens with one attached hydrogen (secondary N) is 3. The number of halogens is 2. The number of alkyl halides is 2. The first-order valence-corrected chi connectivity index (χ1v) is 16.8. The molecule has 3 amide bonds. The molecule has 2 aromatic heterocycles. The number of hydrogen-bond donors (Lipinski definition) is 3. The molecular weight excluding hydrogens is 628 g/mol. The van der Waals surface area contributed by atoms with Crippen molar-refractivity contribution in [3.8, 4) is 5.75 Å². The molecule has 46 heavy (non-hydrogen) atoms. The molecule has 0 radical (unpaired) electrons. The second-order valence-electron chi connectivity index (χ2n) is 11.3. The number of ether oxygens (including phenoxy) is 1. The molecule has 3 fully saturated rings. The van der Waals surface area contributed by atoms with Crippen molar-refractivity contribution in [2.24, 2.45) is 0 Å². The fourth-order valence-electron chi connectivity index (χ4n) is 5.62. The molecule has 2 aromatic rings. The predicted octanol–water partition coefficient (Wildman–Crippen LogP) is 0.426. The van der Waals surface area contributed by atoms with Crippen LogP contribution >= 0.6 is 0 Å². The van der Waals surface area contributed by atoms with Crippen LogP contribution in [-0.4, -0.2) is 121 Å². The van der Waals surface area contributed by atoms with Gasteiger partial charge in [0, 0.05) is 51.7 Å². The number of piperazine rings is 1. The average Bonchev–Trinajstić information content (AvgIpc) is 3.04. The molecule has 3 N–H and O–H groups in total. The Kier molecular flexibility index (Phi) is 10.9. The molecule has 0 saturated carbocycles. The Hall–Kier alpha value is -4.03. The number of nitrogens with zero attached hydrogens (tertiary/aromatic N) is 6. The minimum Gasteiger partial charge on any atom is -0.432 e. The van der Waals surface area contributed by atoms with E-state index in [4.69, 9.17) is 0 Å². The van der Waals surface area contributed by atoms with E-state index in [-0.39, 0.29) is 47.9 Å². The third-order valence-electron chi connectivity index (χ3n) is 8.17.